The SMILES string of the molecule is Clc1ccc(Nc2nc(-c3ccc(Cl)c(Cl)c3)cs2)cc1Cl. The Bertz CT molecular complexity index is 832. The lowest BCUT2D eigenvalue weighted by molar-refractivity contribution is 1.38. The fraction of sp³-hybridized carbons (Fsp3) is 0. The quantitative estimate of drug-likeness (QED) is 0.513. The van der Waals surface area contributed by atoms with Gasteiger partial charge in [0.2, 0.25) is 0 Å². The lowest BCUT2D eigenvalue weighted by Gasteiger charge is -2.04. The van der Waals surface area contributed by atoms with Crippen LogP contribution in [0.3, 0.4) is 0 Å². The average Bonchev–Trinajstić information content (AvgIpc) is 2.94. The number of hydrogen-bond donors (Lipinski definition) is 1. The number of halogens is 4. The van der Waals surface area contributed by atoms with Crippen LogP contribution in [0.4, 0.5) is 10.8 Å². The minimum Gasteiger partial charge on any atom is -0.331 e. The van der Waals surface area contributed by atoms with Crippen LogP contribution >= 0.6 is 57.7 Å². The molecule has 1 aromatic heterocycles. The van der Waals surface area contributed by atoms with Gasteiger partial charge >= 0.3 is 0 Å². The predicted octanol–water partition coefficient (Wildman–Crippen LogP) is 7.17. The third-order valence-electron chi connectivity index (χ3n) is 2.89. The second-order valence-corrected chi connectivity index (χ2v) is 6.91. The Morgan fingerprint density at radius 3 is 2.18 bits per heavy atom. The van der Waals surface area contributed by atoms with Gasteiger partial charge in [-0.1, -0.05) is 52.5 Å². The van der Waals surface area contributed by atoms with Gasteiger partial charge in [-0.2, -0.15) is 0 Å². The van der Waals surface area contributed by atoms with Crippen LogP contribution in [0.1, 0.15) is 0 Å². The van der Waals surface area contributed by atoms with Gasteiger partial charge in [-0.25, -0.2) is 4.98 Å². The highest BCUT2D eigenvalue weighted by molar-refractivity contribution is 7.14. The number of nitrogens with one attached hydrogen (secondary N) is 1. The van der Waals surface area contributed by atoms with Gasteiger partial charge < -0.3 is 5.32 Å². The second-order valence-electron chi connectivity index (χ2n) is 4.42. The molecule has 0 fully saturated rings. The third kappa shape index (κ3) is 3.50. The minimum atomic E-state index is 0.493. The van der Waals surface area contributed by atoms with Gasteiger partial charge in [0.05, 0.1) is 25.8 Å². The van der Waals surface area contributed by atoms with Gasteiger partial charge in [-0.05, 0) is 30.3 Å². The standard InChI is InChI=1S/C15H8Cl4N2S/c16-10-3-1-8(5-12(10)18)14-7-22-15(21-14)20-9-2-4-11(17)13(19)6-9/h1-7H,(H,20,21). The Labute approximate surface area is 151 Å². The van der Waals surface area contributed by atoms with Crippen LogP contribution in [-0.2, 0) is 0 Å². The van der Waals surface area contributed by atoms with E-state index in [0.29, 0.717) is 20.1 Å². The molecule has 7 heteroatoms. The van der Waals surface area contributed by atoms with Crippen molar-refractivity contribution < 1.29 is 0 Å². The zero-order chi connectivity index (χ0) is 15.7. The number of aromatic nitrogens is 1. The minimum absolute atomic E-state index is 0.493. The maximum Gasteiger partial charge on any atom is 0.187 e. The summed E-state index contributed by atoms with van der Waals surface area (Å²) in [6.07, 6.45) is 0. The Kier molecular flexibility index (Phi) is 4.81. The Morgan fingerprint density at radius 1 is 0.818 bits per heavy atom. The highest BCUT2D eigenvalue weighted by Gasteiger charge is 2.08. The van der Waals surface area contributed by atoms with Gasteiger partial charge in [0.25, 0.3) is 0 Å². The number of anilines is 2. The van der Waals surface area contributed by atoms with Crippen molar-refractivity contribution >= 4 is 68.6 Å². The second kappa shape index (κ2) is 6.65. The molecule has 0 spiro atoms. The number of benzene rings is 2. The predicted molar refractivity (Wildman–Crippen MR) is 97.3 cm³/mol. The van der Waals surface area contributed by atoms with E-state index in [-0.39, 0.29) is 0 Å². The molecule has 0 aliphatic rings. The summed E-state index contributed by atoms with van der Waals surface area (Å²) in [5.41, 5.74) is 2.56. The van der Waals surface area contributed by atoms with Gasteiger partial charge in [0, 0.05) is 16.6 Å². The van der Waals surface area contributed by atoms with Crippen molar-refractivity contribution in [2.45, 2.75) is 0 Å². The van der Waals surface area contributed by atoms with Gasteiger partial charge in [-0.15, -0.1) is 11.3 Å². The van der Waals surface area contributed by atoms with Crippen LogP contribution in [0.25, 0.3) is 11.3 Å². The van der Waals surface area contributed by atoms with Crippen LogP contribution in [0.15, 0.2) is 41.8 Å². The van der Waals surface area contributed by atoms with Crippen LogP contribution in [-0.4, -0.2) is 4.98 Å². The molecule has 0 radical (unpaired) electrons. The van der Waals surface area contributed by atoms with E-state index in [1.165, 1.54) is 11.3 Å². The third-order valence-corrected chi connectivity index (χ3v) is 5.13. The van der Waals surface area contributed by atoms with Gasteiger partial charge in [0.15, 0.2) is 5.13 Å². The van der Waals surface area contributed by atoms with E-state index in [2.05, 4.69) is 10.3 Å². The summed E-state index contributed by atoms with van der Waals surface area (Å²) in [6.45, 7) is 0. The number of rotatable bonds is 3. The van der Waals surface area contributed by atoms with E-state index in [0.717, 1.165) is 22.1 Å². The molecule has 0 bridgehead atoms. The Hall–Kier alpha value is -0.970. The molecule has 0 aliphatic carbocycles. The first kappa shape index (κ1) is 15.9. The van der Waals surface area contributed by atoms with Crippen LogP contribution in [0.2, 0.25) is 20.1 Å². The zero-order valence-electron chi connectivity index (χ0n) is 10.9. The van der Waals surface area contributed by atoms with E-state index >= 15 is 0 Å². The molecule has 1 heterocycles. The highest BCUT2D eigenvalue weighted by Crippen LogP contribution is 2.32. The number of hydrogen-bond acceptors (Lipinski definition) is 3. The van der Waals surface area contributed by atoms with Crippen molar-refractivity contribution in [2.75, 3.05) is 5.32 Å². The summed E-state index contributed by atoms with van der Waals surface area (Å²) in [6, 6.07) is 10.8. The maximum atomic E-state index is 6.03. The molecule has 2 aromatic carbocycles. The molecule has 0 aliphatic heterocycles. The van der Waals surface area contributed by atoms with Crippen molar-refractivity contribution in [3.8, 4) is 11.3 Å². The lowest BCUT2D eigenvalue weighted by Crippen LogP contribution is -1.89. The molecule has 0 atom stereocenters. The number of thiazole rings is 1. The normalized spacial score (nSPS) is 10.7. The van der Waals surface area contributed by atoms with E-state index in [1.54, 1.807) is 24.3 Å². The molecule has 0 unspecified atom stereocenters. The largest absolute Gasteiger partial charge is 0.331 e. The summed E-state index contributed by atoms with van der Waals surface area (Å²) < 4.78 is 0. The van der Waals surface area contributed by atoms with Crippen LogP contribution < -0.4 is 5.32 Å². The molecular formula is C15H8Cl4N2S. The van der Waals surface area contributed by atoms with Crippen LogP contribution in [0.5, 0.6) is 0 Å². The van der Waals surface area contributed by atoms with Gasteiger partial charge in [-0.3, -0.25) is 0 Å². The summed E-state index contributed by atoms with van der Waals surface area (Å²) >= 11 is 25.3. The highest BCUT2D eigenvalue weighted by atomic mass is 35.5. The first-order valence-electron chi connectivity index (χ1n) is 6.16. The Morgan fingerprint density at radius 2 is 1.50 bits per heavy atom. The van der Waals surface area contributed by atoms with Crippen molar-refractivity contribution in [1.82, 2.24) is 4.98 Å². The molecule has 3 rings (SSSR count). The lowest BCUT2D eigenvalue weighted by atomic mass is 10.2. The first-order chi connectivity index (χ1) is 10.5. The molecule has 3 aromatic rings. The molecular weight excluding hydrogens is 382 g/mol. The fourth-order valence-electron chi connectivity index (χ4n) is 1.82. The molecule has 0 saturated heterocycles. The summed E-state index contributed by atoms with van der Waals surface area (Å²) in [4.78, 5) is 4.53. The van der Waals surface area contributed by atoms with Crippen molar-refractivity contribution in [2.24, 2.45) is 0 Å². The van der Waals surface area contributed by atoms with Crippen molar-refractivity contribution in [3.05, 3.63) is 61.9 Å². The summed E-state index contributed by atoms with van der Waals surface area (Å²) in [5.74, 6) is 0. The summed E-state index contributed by atoms with van der Waals surface area (Å²) in [7, 11) is 0. The molecule has 112 valence electrons. The Balaban J connectivity index is 1.84. The molecule has 0 amide bonds. The average molecular weight is 390 g/mol. The number of nitrogens with zero attached hydrogens (tertiary/aromatic N) is 1. The van der Waals surface area contributed by atoms with Crippen molar-refractivity contribution in [1.29, 1.82) is 0 Å². The molecule has 22 heavy (non-hydrogen) atoms. The zero-order valence-corrected chi connectivity index (χ0v) is 14.7. The van der Waals surface area contributed by atoms with E-state index < -0.39 is 0 Å². The fourth-order valence-corrected chi connectivity index (χ4v) is 3.15. The topological polar surface area (TPSA) is 24.9 Å². The van der Waals surface area contributed by atoms with E-state index in [1.807, 2.05) is 17.5 Å². The smallest absolute Gasteiger partial charge is 0.187 e. The molecule has 0 saturated carbocycles. The van der Waals surface area contributed by atoms with E-state index in [4.69, 9.17) is 46.4 Å². The first-order valence-corrected chi connectivity index (χ1v) is 8.55. The molecule has 2 nitrogen and oxygen atoms in total. The molecule has 1 N–H and O–H groups in total. The van der Waals surface area contributed by atoms with Crippen molar-refractivity contribution in [3.63, 3.8) is 0 Å². The maximum absolute atomic E-state index is 6.03. The van der Waals surface area contributed by atoms with E-state index in [9.17, 15) is 0 Å². The van der Waals surface area contributed by atoms with Crippen LogP contribution in [0, 0.1) is 0 Å². The summed E-state index contributed by atoms with van der Waals surface area (Å²) in [5, 5.41) is 7.93. The van der Waals surface area contributed by atoms with Gasteiger partial charge in [0.1, 0.15) is 0 Å². The monoisotopic (exact) mass is 388 g/mol.